The molecule has 3 nitrogen and oxygen atoms in total. The van der Waals surface area contributed by atoms with E-state index in [0.717, 1.165) is 18.1 Å². The van der Waals surface area contributed by atoms with Crippen LogP contribution >= 0.6 is 0 Å². The van der Waals surface area contributed by atoms with Crippen molar-refractivity contribution in [2.75, 3.05) is 13.1 Å². The molecule has 0 atom stereocenters. The minimum absolute atomic E-state index is 0.0132. The summed E-state index contributed by atoms with van der Waals surface area (Å²) in [5.74, 6) is 1.98. The molecule has 3 heteroatoms. The lowest BCUT2D eigenvalue weighted by molar-refractivity contribution is 0.308. The number of furan rings is 1. The quantitative estimate of drug-likeness (QED) is 0.806. The molecule has 92 valence electrons. The van der Waals surface area contributed by atoms with E-state index >= 15 is 0 Å². The molecule has 0 spiro atoms. The van der Waals surface area contributed by atoms with Crippen molar-refractivity contribution in [1.82, 2.24) is 5.32 Å². The number of hydrogen-bond donors (Lipinski definition) is 2. The highest BCUT2D eigenvalue weighted by molar-refractivity contribution is 5.15. The first-order valence-electron chi connectivity index (χ1n) is 5.79. The molecule has 0 unspecified atom stereocenters. The van der Waals surface area contributed by atoms with Crippen LogP contribution in [0, 0.1) is 6.92 Å². The fourth-order valence-electron chi connectivity index (χ4n) is 1.42. The smallest absolute Gasteiger partial charge is 0.111 e. The van der Waals surface area contributed by atoms with Crippen LogP contribution in [0.3, 0.4) is 0 Å². The second kappa shape index (κ2) is 4.60. The first kappa shape index (κ1) is 13.3. The van der Waals surface area contributed by atoms with Crippen LogP contribution in [0.1, 0.15) is 39.2 Å². The zero-order valence-corrected chi connectivity index (χ0v) is 11.1. The van der Waals surface area contributed by atoms with E-state index in [-0.39, 0.29) is 11.0 Å². The van der Waals surface area contributed by atoms with E-state index in [1.165, 1.54) is 0 Å². The van der Waals surface area contributed by atoms with Crippen LogP contribution in [0.15, 0.2) is 16.5 Å². The Bertz CT molecular complexity index is 339. The molecule has 3 N–H and O–H groups in total. The van der Waals surface area contributed by atoms with Gasteiger partial charge < -0.3 is 15.5 Å². The zero-order valence-electron chi connectivity index (χ0n) is 11.1. The van der Waals surface area contributed by atoms with Gasteiger partial charge in [0, 0.05) is 24.0 Å². The summed E-state index contributed by atoms with van der Waals surface area (Å²) < 4.78 is 5.68. The fourth-order valence-corrected chi connectivity index (χ4v) is 1.42. The van der Waals surface area contributed by atoms with Gasteiger partial charge in [-0.25, -0.2) is 0 Å². The fraction of sp³-hybridized carbons (Fsp3) is 0.692. The monoisotopic (exact) mass is 224 g/mol. The molecule has 16 heavy (non-hydrogen) atoms. The molecular formula is C13H24N2O. The molecule has 1 aromatic heterocycles. The summed E-state index contributed by atoms with van der Waals surface area (Å²) in [6.07, 6.45) is 0. The molecule has 0 aliphatic heterocycles. The summed E-state index contributed by atoms with van der Waals surface area (Å²) >= 11 is 0. The van der Waals surface area contributed by atoms with Gasteiger partial charge in [-0.15, -0.1) is 0 Å². The third-order valence-electron chi connectivity index (χ3n) is 2.93. The molecule has 1 heterocycles. The van der Waals surface area contributed by atoms with Crippen LogP contribution in [0.2, 0.25) is 0 Å². The molecule has 0 saturated heterocycles. The Balaban J connectivity index is 2.65. The topological polar surface area (TPSA) is 51.2 Å². The standard InChI is InChI=1S/C13H24N2O/c1-10-6-7-11(16-10)12(2,3)9-15-13(4,5)8-14/h6-7,15H,8-9,14H2,1-5H3. The van der Waals surface area contributed by atoms with E-state index in [1.54, 1.807) is 0 Å². The zero-order chi connectivity index (χ0) is 12.4. The van der Waals surface area contributed by atoms with E-state index in [9.17, 15) is 0 Å². The Morgan fingerprint density at radius 3 is 2.31 bits per heavy atom. The first-order valence-corrected chi connectivity index (χ1v) is 5.79. The lowest BCUT2D eigenvalue weighted by Gasteiger charge is -2.30. The Morgan fingerprint density at radius 1 is 1.25 bits per heavy atom. The normalized spacial score (nSPS) is 13.1. The van der Waals surface area contributed by atoms with Crippen LogP contribution in [0.4, 0.5) is 0 Å². The van der Waals surface area contributed by atoms with Crippen LogP contribution in [0.5, 0.6) is 0 Å². The van der Waals surface area contributed by atoms with Gasteiger partial charge >= 0.3 is 0 Å². The van der Waals surface area contributed by atoms with Crippen LogP contribution in [-0.4, -0.2) is 18.6 Å². The maximum absolute atomic E-state index is 5.69. The second-order valence-electron chi connectivity index (χ2n) is 5.74. The Labute approximate surface area is 98.4 Å². The minimum Gasteiger partial charge on any atom is -0.466 e. The highest BCUT2D eigenvalue weighted by atomic mass is 16.3. The van der Waals surface area contributed by atoms with E-state index in [0.29, 0.717) is 6.54 Å². The van der Waals surface area contributed by atoms with Crippen molar-refractivity contribution < 1.29 is 4.42 Å². The largest absolute Gasteiger partial charge is 0.466 e. The number of rotatable bonds is 5. The molecular weight excluding hydrogens is 200 g/mol. The summed E-state index contributed by atoms with van der Waals surface area (Å²) in [6, 6.07) is 4.05. The van der Waals surface area contributed by atoms with E-state index < -0.39 is 0 Å². The Kier molecular flexibility index (Phi) is 3.81. The van der Waals surface area contributed by atoms with Gasteiger partial charge in [0.2, 0.25) is 0 Å². The maximum atomic E-state index is 5.69. The molecule has 0 fully saturated rings. The average molecular weight is 224 g/mol. The van der Waals surface area contributed by atoms with Crippen molar-refractivity contribution in [2.45, 2.75) is 45.6 Å². The van der Waals surface area contributed by atoms with Gasteiger partial charge in [0.1, 0.15) is 11.5 Å². The van der Waals surface area contributed by atoms with Crippen molar-refractivity contribution >= 4 is 0 Å². The molecule has 0 saturated carbocycles. The maximum Gasteiger partial charge on any atom is 0.111 e. The van der Waals surface area contributed by atoms with Gasteiger partial charge in [-0.3, -0.25) is 0 Å². The van der Waals surface area contributed by atoms with Gasteiger partial charge in [-0.1, -0.05) is 13.8 Å². The minimum atomic E-state index is -0.0289. The molecule has 0 radical (unpaired) electrons. The average Bonchev–Trinajstić information content (AvgIpc) is 2.63. The summed E-state index contributed by atoms with van der Waals surface area (Å²) in [4.78, 5) is 0. The van der Waals surface area contributed by atoms with Crippen LogP contribution < -0.4 is 11.1 Å². The lowest BCUT2D eigenvalue weighted by atomic mass is 9.89. The summed E-state index contributed by atoms with van der Waals surface area (Å²) in [5.41, 5.74) is 5.65. The molecule has 0 aromatic carbocycles. The SMILES string of the molecule is Cc1ccc(C(C)(C)CNC(C)(C)CN)o1. The van der Waals surface area contributed by atoms with Gasteiger partial charge in [0.05, 0.1) is 0 Å². The molecule has 0 amide bonds. The van der Waals surface area contributed by atoms with Gasteiger partial charge in [0.15, 0.2) is 0 Å². The molecule has 0 bridgehead atoms. The summed E-state index contributed by atoms with van der Waals surface area (Å²) in [7, 11) is 0. The number of aryl methyl sites for hydroxylation is 1. The molecule has 1 aromatic rings. The number of hydrogen-bond acceptors (Lipinski definition) is 3. The predicted octanol–water partition coefficient (Wildman–Crippen LogP) is 2.19. The van der Waals surface area contributed by atoms with Crippen LogP contribution in [-0.2, 0) is 5.41 Å². The summed E-state index contributed by atoms with van der Waals surface area (Å²) in [6.45, 7) is 12.0. The van der Waals surface area contributed by atoms with E-state index in [4.69, 9.17) is 10.2 Å². The second-order valence-corrected chi connectivity index (χ2v) is 5.74. The van der Waals surface area contributed by atoms with Gasteiger partial charge in [-0.05, 0) is 32.9 Å². The van der Waals surface area contributed by atoms with Gasteiger partial charge in [-0.2, -0.15) is 0 Å². The van der Waals surface area contributed by atoms with Crippen molar-refractivity contribution in [2.24, 2.45) is 5.73 Å². The van der Waals surface area contributed by atoms with Crippen LogP contribution in [0.25, 0.3) is 0 Å². The lowest BCUT2D eigenvalue weighted by Crippen LogP contribution is -2.50. The highest BCUT2D eigenvalue weighted by Crippen LogP contribution is 2.24. The van der Waals surface area contributed by atoms with Gasteiger partial charge in [0.25, 0.3) is 0 Å². The summed E-state index contributed by atoms with van der Waals surface area (Å²) in [5, 5.41) is 3.47. The van der Waals surface area contributed by atoms with Crippen molar-refractivity contribution in [1.29, 1.82) is 0 Å². The highest BCUT2D eigenvalue weighted by Gasteiger charge is 2.26. The Morgan fingerprint density at radius 2 is 1.88 bits per heavy atom. The Hall–Kier alpha value is -0.800. The third kappa shape index (κ3) is 3.35. The van der Waals surface area contributed by atoms with Crippen molar-refractivity contribution in [3.05, 3.63) is 23.7 Å². The molecule has 0 aliphatic carbocycles. The number of nitrogens with one attached hydrogen (secondary N) is 1. The molecule has 0 aliphatic rings. The molecule has 1 rings (SSSR count). The van der Waals surface area contributed by atoms with E-state index in [1.807, 2.05) is 19.1 Å². The number of nitrogens with two attached hydrogens (primary N) is 1. The van der Waals surface area contributed by atoms with Crippen molar-refractivity contribution in [3.63, 3.8) is 0 Å². The van der Waals surface area contributed by atoms with E-state index in [2.05, 4.69) is 33.0 Å². The predicted molar refractivity (Wildman–Crippen MR) is 67.6 cm³/mol. The van der Waals surface area contributed by atoms with Crippen molar-refractivity contribution in [3.8, 4) is 0 Å². The third-order valence-corrected chi connectivity index (χ3v) is 2.93. The first-order chi connectivity index (χ1) is 7.27.